The normalized spacial score (nSPS) is 24.5. The van der Waals surface area contributed by atoms with Gasteiger partial charge in [-0.05, 0) is 25.0 Å². The molecule has 1 aromatic rings. The van der Waals surface area contributed by atoms with Gasteiger partial charge < -0.3 is 4.90 Å². The van der Waals surface area contributed by atoms with Crippen LogP contribution in [-0.2, 0) is 10.0 Å². The van der Waals surface area contributed by atoms with Gasteiger partial charge in [0.15, 0.2) is 5.03 Å². The predicted molar refractivity (Wildman–Crippen MR) is 74.8 cm³/mol. The lowest BCUT2D eigenvalue weighted by Crippen LogP contribution is -2.50. The molecule has 0 radical (unpaired) electrons. The van der Waals surface area contributed by atoms with Crippen molar-refractivity contribution in [2.45, 2.75) is 30.0 Å². The molecular weight excluding hydrogens is 310 g/mol. The van der Waals surface area contributed by atoms with Crippen molar-refractivity contribution in [3.05, 3.63) is 24.4 Å². The van der Waals surface area contributed by atoms with Crippen LogP contribution in [0.5, 0.6) is 0 Å². The third kappa shape index (κ3) is 2.40. The van der Waals surface area contributed by atoms with Crippen molar-refractivity contribution in [2.75, 3.05) is 6.54 Å². The average Bonchev–Trinajstić information content (AvgIpc) is 2.72. The fraction of sp³-hybridized carbons (Fsp3) is 0.417. The fourth-order valence-electron chi connectivity index (χ4n) is 2.72. The van der Waals surface area contributed by atoms with E-state index >= 15 is 0 Å². The monoisotopic (exact) mass is 325 g/mol. The van der Waals surface area contributed by atoms with Gasteiger partial charge in [0.25, 0.3) is 10.0 Å². The Hall–Kier alpha value is -2.20. The van der Waals surface area contributed by atoms with Crippen LogP contribution in [0, 0.1) is 5.41 Å². The zero-order valence-electron chi connectivity index (χ0n) is 11.5. The van der Waals surface area contributed by atoms with E-state index in [9.17, 15) is 18.4 Å². The van der Waals surface area contributed by atoms with Crippen molar-refractivity contribution >= 4 is 21.9 Å². The van der Waals surface area contributed by atoms with Gasteiger partial charge in [-0.3, -0.25) is 15.3 Å². The first kappa shape index (κ1) is 14.7. The number of nitrogens with zero attached hydrogens (tertiary/aromatic N) is 3. The van der Waals surface area contributed by atoms with Gasteiger partial charge in [-0.1, -0.05) is 6.07 Å². The second-order valence-electron chi connectivity index (χ2n) is 5.21. The van der Waals surface area contributed by atoms with E-state index < -0.39 is 22.1 Å². The van der Waals surface area contributed by atoms with Crippen molar-refractivity contribution in [1.29, 1.82) is 5.41 Å². The number of hydrogen-bond donors (Lipinski definition) is 3. The number of urea groups is 1. The van der Waals surface area contributed by atoms with Gasteiger partial charge in [0.1, 0.15) is 5.84 Å². The zero-order valence-corrected chi connectivity index (χ0v) is 12.3. The standard InChI is InChI=1S/C12H15N5O4S/c13-11(15-22(20,21)10-3-1-2-6-14-10)9-5-4-8-7-16(9)12(18)17(8)19/h1-3,6,8-9,19H,4-5,7H2,(H2,13,15)/t8-,9+/m1/s1. The van der Waals surface area contributed by atoms with Gasteiger partial charge in [-0.25, -0.2) is 14.8 Å². The molecule has 118 valence electrons. The van der Waals surface area contributed by atoms with Crippen molar-refractivity contribution in [3.63, 3.8) is 0 Å². The molecule has 2 aliphatic heterocycles. The van der Waals surface area contributed by atoms with Gasteiger partial charge in [-0.15, -0.1) is 0 Å². The summed E-state index contributed by atoms with van der Waals surface area (Å²) in [7, 11) is -3.96. The van der Waals surface area contributed by atoms with Crippen LogP contribution in [-0.4, -0.2) is 59.1 Å². The van der Waals surface area contributed by atoms with Crippen LogP contribution in [0.4, 0.5) is 4.79 Å². The van der Waals surface area contributed by atoms with Gasteiger partial charge in [0, 0.05) is 12.7 Å². The van der Waals surface area contributed by atoms with Crippen LogP contribution >= 0.6 is 0 Å². The molecule has 3 rings (SSSR count). The zero-order chi connectivity index (χ0) is 15.9. The van der Waals surface area contributed by atoms with Crippen LogP contribution in [0.2, 0.25) is 0 Å². The highest BCUT2D eigenvalue weighted by atomic mass is 32.2. The number of rotatable bonds is 3. The molecule has 0 aliphatic carbocycles. The molecule has 1 aromatic heterocycles. The minimum absolute atomic E-state index is 0.190. The highest BCUT2D eigenvalue weighted by Gasteiger charge is 2.46. The van der Waals surface area contributed by atoms with E-state index in [0.29, 0.717) is 17.9 Å². The van der Waals surface area contributed by atoms with Crippen LogP contribution in [0.15, 0.2) is 29.4 Å². The lowest BCUT2D eigenvalue weighted by molar-refractivity contribution is -0.0583. The second kappa shape index (κ2) is 5.21. The number of piperidine rings is 1. The number of carbonyl (C=O) groups is 1. The highest BCUT2D eigenvalue weighted by Crippen LogP contribution is 2.28. The van der Waals surface area contributed by atoms with Crippen LogP contribution in [0.3, 0.4) is 0 Å². The first-order valence-electron chi connectivity index (χ1n) is 6.71. The molecule has 2 bridgehead atoms. The van der Waals surface area contributed by atoms with E-state index in [1.54, 1.807) is 6.07 Å². The largest absolute Gasteiger partial charge is 0.344 e. The quantitative estimate of drug-likeness (QED) is 0.409. The third-order valence-electron chi connectivity index (χ3n) is 3.84. The smallest absolute Gasteiger partial charge is 0.311 e. The SMILES string of the molecule is N=C(NS(=O)(=O)c1ccccn1)[C@@H]1CC[C@@H]2CN1C(=O)N2O. The van der Waals surface area contributed by atoms with E-state index in [2.05, 4.69) is 9.71 Å². The van der Waals surface area contributed by atoms with E-state index in [1.165, 1.54) is 23.2 Å². The molecule has 2 amide bonds. The Morgan fingerprint density at radius 2 is 2.18 bits per heavy atom. The molecule has 2 saturated heterocycles. The number of amidine groups is 1. The maximum Gasteiger partial charge on any atom is 0.344 e. The number of fused-ring (bicyclic) bond motifs is 2. The van der Waals surface area contributed by atoms with Crippen LogP contribution in [0.1, 0.15) is 12.8 Å². The molecule has 3 N–H and O–H groups in total. The molecule has 0 unspecified atom stereocenters. The summed E-state index contributed by atoms with van der Waals surface area (Å²) in [6.45, 7) is 0.285. The number of aromatic nitrogens is 1. The van der Waals surface area contributed by atoms with Gasteiger partial charge in [0.05, 0.1) is 12.1 Å². The van der Waals surface area contributed by atoms with Crippen LogP contribution < -0.4 is 4.72 Å². The van der Waals surface area contributed by atoms with Crippen molar-refractivity contribution in [1.82, 2.24) is 19.7 Å². The van der Waals surface area contributed by atoms with Crippen molar-refractivity contribution in [2.24, 2.45) is 0 Å². The molecule has 2 fully saturated rings. The van der Waals surface area contributed by atoms with E-state index in [0.717, 1.165) is 0 Å². The molecule has 10 heteroatoms. The first-order valence-corrected chi connectivity index (χ1v) is 8.19. The number of hydroxylamine groups is 2. The molecule has 0 aromatic carbocycles. The Balaban J connectivity index is 1.77. The van der Waals surface area contributed by atoms with E-state index in [1.807, 2.05) is 0 Å². The average molecular weight is 325 g/mol. The van der Waals surface area contributed by atoms with Gasteiger partial charge >= 0.3 is 6.03 Å². The maximum atomic E-state index is 12.2. The fourth-order valence-corrected chi connectivity index (χ4v) is 3.71. The maximum absolute atomic E-state index is 12.2. The third-order valence-corrected chi connectivity index (χ3v) is 5.12. The van der Waals surface area contributed by atoms with E-state index in [4.69, 9.17) is 5.41 Å². The lowest BCUT2D eigenvalue weighted by Gasteiger charge is -2.30. The number of hydrogen-bond acceptors (Lipinski definition) is 6. The second-order valence-corrected chi connectivity index (χ2v) is 6.84. The Morgan fingerprint density at radius 3 is 2.86 bits per heavy atom. The predicted octanol–water partition coefficient (Wildman–Crippen LogP) is -0.00503. The minimum Gasteiger partial charge on any atom is -0.311 e. The topological polar surface area (TPSA) is 127 Å². The number of sulfonamides is 1. The Kier molecular flexibility index (Phi) is 3.49. The summed E-state index contributed by atoms with van der Waals surface area (Å²) < 4.78 is 26.5. The lowest BCUT2D eigenvalue weighted by atomic mass is 10.0. The highest BCUT2D eigenvalue weighted by molar-refractivity contribution is 7.90. The molecule has 9 nitrogen and oxygen atoms in total. The number of amides is 2. The Bertz CT molecular complexity index is 707. The molecule has 22 heavy (non-hydrogen) atoms. The summed E-state index contributed by atoms with van der Waals surface area (Å²) in [5.41, 5.74) is 0. The van der Waals surface area contributed by atoms with Gasteiger partial charge in [-0.2, -0.15) is 8.42 Å². The molecule has 2 atom stereocenters. The molecule has 3 heterocycles. The van der Waals surface area contributed by atoms with Crippen molar-refractivity contribution in [3.8, 4) is 0 Å². The molecule has 2 aliphatic rings. The minimum atomic E-state index is -3.96. The van der Waals surface area contributed by atoms with Gasteiger partial charge in [0.2, 0.25) is 0 Å². The summed E-state index contributed by atoms with van der Waals surface area (Å²) in [5.74, 6) is -0.298. The molecule has 0 spiro atoms. The number of carbonyl (C=O) groups excluding carboxylic acids is 1. The summed E-state index contributed by atoms with van der Waals surface area (Å²) in [6, 6.07) is 2.86. The van der Waals surface area contributed by atoms with E-state index in [-0.39, 0.29) is 23.4 Å². The summed E-state index contributed by atoms with van der Waals surface area (Å²) >= 11 is 0. The number of nitrogens with one attached hydrogen (secondary N) is 2. The Morgan fingerprint density at radius 1 is 1.41 bits per heavy atom. The summed E-state index contributed by atoms with van der Waals surface area (Å²) in [6.07, 6.45) is 2.27. The first-order chi connectivity index (χ1) is 10.4. The Labute approximate surface area is 127 Å². The van der Waals surface area contributed by atoms with Crippen LogP contribution in [0.25, 0.3) is 0 Å². The summed E-state index contributed by atoms with van der Waals surface area (Å²) in [5, 5.41) is 18.0. The molecular formula is C12H15N5O4S. The molecule has 0 saturated carbocycles. The number of pyridine rings is 1. The van der Waals surface area contributed by atoms with Crippen molar-refractivity contribution < 1.29 is 18.4 Å². The summed E-state index contributed by atoms with van der Waals surface area (Å²) in [4.78, 5) is 16.9.